The fraction of sp³-hybridized carbons (Fsp3) is 0.529. The van der Waals surface area contributed by atoms with Crippen molar-refractivity contribution in [1.82, 2.24) is 5.32 Å². The Morgan fingerprint density at radius 2 is 1.81 bits per heavy atom. The lowest BCUT2D eigenvalue weighted by molar-refractivity contribution is -0.157. The van der Waals surface area contributed by atoms with E-state index in [4.69, 9.17) is 4.74 Å². The number of hydrogen-bond donors (Lipinski definition) is 1. The molecular formula is C17H23NO3. The predicted octanol–water partition coefficient (Wildman–Crippen LogP) is 2.93. The molecule has 0 saturated heterocycles. The minimum absolute atomic E-state index is 0.134. The van der Waals surface area contributed by atoms with Gasteiger partial charge in [0.05, 0.1) is 12.0 Å². The van der Waals surface area contributed by atoms with E-state index >= 15 is 0 Å². The molecule has 0 atom stereocenters. The minimum Gasteiger partial charge on any atom is -0.466 e. The number of nitrogens with one attached hydrogen (secondary N) is 1. The lowest BCUT2D eigenvalue weighted by Crippen LogP contribution is -2.45. The summed E-state index contributed by atoms with van der Waals surface area (Å²) in [7, 11) is 0. The molecule has 4 heteroatoms. The van der Waals surface area contributed by atoms with Gasteiger partial charge in [0.25, 0.3) is 5.91 Å². The van der Waals surface area contributed by atoms with Crippen LogP contribution >= 0.6 is 0 Å². The first-order valence-electron chi connectivity index (χ1n) is 7.68. The summed E-state index contributed by atoms with van der Waals surface area (Å²) in [5.41, 5.74) is 0.0749. The summed E-state index contributed by atoms with van der Waals surface area (Å²) in [6.07, 6.45) is 4.76. The van der Waals surface area contributed by atoms with Crippen LogP contribution in [0.25, 0.3) is 0 Å². The van der Waals surface area contributed by atoms with Gasteiger partial charge >= 0.3 is 5.97 Å². The molecule has 0 heterocycles. The zero-order valence-corrected chi connectivity index (χ0v) is 12.6. The van der Waals surface area contributed by atoms with Crippen LogP contribution in [0.3, 0.4) is 0 Å². The van der Waals surface area contributed by atoms with Gasteiger partial charge in [-0.05, 0) is 31.9 Å². The van der Waals surface area contributed by atoms with Crippen LogP contribution in [-0.4, -0.2) is 25.0 Å². The number of carbonyl (C=O) groups is 2. The molecule has 1 N–H and O–H groups in total. The Kier molecular flexibility index (Phi) is 5.37. The molecule has 1 fully saturated rings. The van der Waals surface area contributed by atoms with Gasteiger partial charge in [-0.15, -0.1) is 0 Å². The van der Waals surface area contributed by atoms with Crippen molar-refractivity contribution in [3.8, 4) is 0 Å². The van der Waals surface area contributed by atoms with Gasteiger partial charge in [0, 0.05) is 12.1 Å². The third-order valence-electron chi connectivity index (χ3n) is 4.14. The van der Waals surface area contributed by atoms with E-state index in [0.717, 1.165) is 32.1 Å². The third kappa shape index (κ3) is 3.84. The first kappa shape index (κ1) is 15.5. The standard InChI is InChI=1S/C17H23NO3/c1-2-21-16(20)17(11-7-4-8-12-17)13-18-15(19)14-9-5-3-6-10-14/h3,5-6,9-10H,2,4,7-8,11-13H2,1H3,(H,18,19). The summed E-state index contributed by atoms with van der Waals surface area (Å²) in [6.45, 7) is 2.56. The molecule has 0 aromatic heterocycles. The summed E-state index contributed by atoms with van der Waals surface area (Å²) in [5, 5.41) is 2.91. The van der Waals surface area contributed by atoms with Gasteiger partial charge in [-0.1, -0.05) is 37.5 Å². The van der Waals surface area contributed by atoms with Crippen molar-refractivity contribution < 1.29 is 14.3 Å². The summed E-state index contributed by atoms with van der Waals surface area (Å²) in [4.78, 5) is 24.4. The van der Waals surface area contributed by atoms with Crippen LogP contribution in [0.1, 0.15) is 49.4 Å². The first-order valence-corrected chi connectivity index (χ1v) is 7.68. The lowest BCUT2D eigenvalue weighted by atomic mass is 9.74. The van der Waals surface area contributed by atoms with E-state index in [1.54, 1.807) is 12.1 Å². The molecule has 0 aliphatic heterocycles. The van der Waals surface area contributed by atoms with Gasteiger partial charge in [-0.3, -0.25) is 9.59 Å². The van der Waals surface area contributed by atoms with Crippen molar-refractivity contribution in [3.05, 3.63) is 35.9 Å². The van der Waals surface area contributed by atoms with Crippen LogP contribution in [-0.2, 0) is 9.53 Å². The molecule has 1 aromatic rings. The minimum atomic E-state index is -0.543. The maximum Gasteiger partial charge on any atom is 0.313 e. The zero-order valence-electron chi connectivity index (χ0n) is 12.6. The molecule has 21 heavy (non-hydrogen) atoms. The number of carbonyl (C=O) groups excluding carboxylic acids is 2. The topological polar surface area (TPSA) is 55.4 Å². The van der Waals surface area contributed by atoms with Crippen molar-refractivity contribution in [2.45, 2.75) is 39.0 Å². The second kappa shape index (κ2) is 7.25. The fourth-order valence-corrected chi connectivity index (χ4v) is 2.91. The van der Waals surface area contributed by atoms with E-state index in [1.165, 1.54) is 0 Å². The van der Waals surface area contributed by atoms with E-state index in [0.29, 0.717) is 18.7 Å². The number of hydrogen-bond acceptors (Lipinski definition) is 3. The van der Waals surface area contributed by atoms with Gasteiger partial charge < -0.3 is 10.1 Å². The molecule has 1 aliphatic carbocycles. The van der Waals surface area contributed by atoms with Crippen LogP contribution in [0.15, 0.2) is 30.3 Å². The summed E-state index contributed by atoms with van der Waals surface area (Å²) in [5.74, 6) is -0.303. The number of rotatable bonds is 5. The highest BCUT2D eigenvalue weighted by Gasteiger charge is 2.41. The van der Waals surface area contributed by atoms with Crippen molar-refractivity contribution >= 4 is 11.9 Å². The third-order valence-corrected chi connectivity index (χ3v) is 4.14. The number of esters is 1. The van der Waals surface area contributed by atoms with Gasteiger partial charge in [0.1, 0.15) is 0 Å². The summed E-state index contributed by atoms with van der Waals surface area (Å²) < 4.78 is 5.23. The predicted molar refractivity (Wildman–Crippen MR) is 80.9 cm³/mol. The molecule has 2 rings (SSSR count). The van der Waals surface area contributed by atoms with Crippen molar-refractivity contribution in [2.24, 2.45) is 5.41 Å². The van der Waals surface area contributed by atoms with Crippen LogP contribution < -0.4 is 5.32 Å². The Labute approximate surface area is 125 Å². The maximum absolute atomic E-state index is 12.3. The molecule has 1 aliphatic rings. The Balaban J connectivity index is 2.02. The SMILES string of the molecule is CCOC(=O)C1(CNC(=O)c2ccccc2)CCCCC1. The second-order valence-corrected chi connectivity index (χ2v) is 5.61. The maximum atomic E-state index is 12.3. The monoisotopic (exact) mass is 289 g/mol. The molecule has 1 saturated carbocycles. The quantitative estimate of drug-likeness (QED) is 0.848. The zero-order chi connectivity index (χ0) is 15.1. The van der Waals surface area contributed by atoms with Gasteiger partial charge in [0.15, 0.2) is 0 Å². The van der Waals surface area contributed by atoms with E-state index in [1.807, 2.05) is 25.1 Å². The van der Waals surface area contributed by atoms with Crippen LogP contribution in [0.2, 0.25) is 0 Å². The molecule has 0 bridgehead atoms. The molecule has 1 aromatic carbocycles. The van der Waals surface area contributed by atoms with Gasteiger partial charge in [-0.25, -0.2) is 0 Å². The number of amides is 1. The molecule has 0 spiro atoms. The fourth-order valence-electron chi connectivity index (χ4n) is 2.91. The normalized spacial score (nSPS) is 17.0. The van der Waals surface area contributed by atoms with Crippen molar-refractivity contribution in [3.63, 3.8) is 0 Å². The Hall–Kier alpha value is -1.84. The first-order chi connectivity index (χ1) is 10.2. The van der Waals surface area contributed by atoms with E-state index in [-0.39, 0.29) is 11.9 Å². The van der Waals surface area contributed by atoms with Crippen molar-refractivity contribution in [1.29, 1.82) is 0 Å². The highest BCUT2D eigenvalue weighted by molar-refractivity contribution is 5.94. The lowest BCUT2D eigenvalue weighted by Gasteiger charge is -2.34. The summed E-state index contributed by atoms with van der Waals surface area (Å²) >= 11 is 0. The van der Waals surface area contributed by atoms with E-state index in [9.17, 15) is 9.59 Å². The average molecular weight is 289 g/mol. The van der Waals surface area contributed by atoms with Gasteiger partial charge in [-0.2, -0.15) is 0 Å². The Morgan fingerprint density at radius 3 is 2.43 bits per heavy atom. The van der Waals surface area contributed by atoms with E-state index in [2.05, 4.69) is 5.32 Å². The highest BCUT2D eigenvalue weighted by atomic mass is 16.5. The highest BCUT2D eigenvalue weighted by Crippen LogP contribution is 2.37. The van der Waals surface area contributed by atoms with Crippen molar-refractivity contribution in [2.75, 3.05) is 13.2 Å². The smallest absolute Gasteiger partial charge is 0.313 e. The Bertz CT molecular complexity index is 478. The van der Waals surface area contributed by atoms with Gasteiger partial charge in [0.2, 0.25) is 0 Å². The van der Waals surface area contributed by atoms with E-state index < -0.39 is 5.41 Å². The number of ether oxygens (including phenoxy) is 1. The average Bonchev–Trinajstić information content (AvgIpc) is 2.54. The Morgan fingerprint density at radius 1 is 1.14 bits per heavy atom. The molecule has 4 nitrogen and oxygen atoms in total. The molecular weight excluding hydrogens is 266 g/mol. The second-order valence-electron chi connectivity index (χ2n) is 5.61. The molecule has 0 radical (unpaired) electrons. The molecule has 1 amide bonds. The number of benzene rings is 1. The molecule has 0 unspecified atom stereocenters. The molecule has 114 valence electrons. The van der Waals surface area contributed by atoms with Crippen LogP contribution in [0, 0.1) is 5.41 Å². The largest absolute Gasteiger partial charge is 0.466 e. The van der Waals surface area contributed by atoms with Crippen LogP contribution in [0.5, 0.6) is 0 Å². The van der Waals surface area contributed by atoms with Crippen LogP contribution in [0.4, 0.5) is 0 Å². The summed E-state index contributed by atoms with van der Waals surface area (Å²) in [6, 6.07) is 9.08.